The smallest absolute Gasteiger partial charge is 0.0775 e. The van der Waals surface area contributed by atoms with Crippen molar-refractivity contribution in [2.45, 2.75) is 26.5 Å². The van der Waals surface area contributed by atoms with Gasteiger partial charge in [0, 0.05) is 15.9 Å². The van der Waals surface area contributed by atoms with Crippen molar-refractivity contribution in [3.63, 3.8) is 0 Å². The first-order valence-electron chi connectivity index (χ1n) is 9.32. The second kappa shape index (κ2) is 6.13. The largest absolute Gasteiger partial charge is 0.256 e. The number of aryl methyl sites for hydroxylation is 1. The van der Waals surface area contributed by atoms with Gasteiger partial charge in [-0.25, -0.2) is 0 Å². The third-order valence-corrected chi connectivity index (χ3v) is 6.07. The normalized spacial score (nSPS) is 14.0. The van der Waals surface area contributed by atoms with Gasteiger partial charge in [0.15, 0.2) is 0 Å². The third kappa shape index (κ3) is 3.59. The first-order chi connectivity index (χ1) is 12.1. The predicted molar refractivity (Wildman–Crippen MR) is 103 cm³/mol. The van der Waals surface area contributed by atoms with E-state index < -0.39 is 14.9 Å². The minimum atomic E-state index is -2.12. The molecule has 0 aliphatic carbocycles. The van der Waals surface area contributed by atoms with Crippen LogP contribution in [0.2, 0.25) is 19.6 Å². The van der Waals surface area contributed by atoms with E-state index in [1.54, 1.807) is 12.1 Å². The first-order valence-corrected chi connectivity index (χ1v) is 11.3. The fourth-order valence-corrected chi connectivity index (χ4v) is 3.75. The molecular weight excluding hydrogens is 294 g/mol. The zero-order chi connectivity index (χ0) is 18.9. The van der Waals surface area contributed by atoms with Crippen molar-refractivity contribution < 1.29 is 4.11 Å². The maximum absolute atomic E-state index is 7.45. The second-order valence-corrected chi connectivity index (χ2v) is 11.9. The maximum atomic E-state index is 7.45. The number of hydrogen-bond donors (Lipinski definition) is 0. The molecule has 0 fully saturated rings. The molecule has 116 valence electrons. The van der Waals surface area contributed by atoms with Crippen LogP contribution in [0.25, 0.3) is 22.4 Å². The lowest BCUT2D eigenvalue weighted by Crippen LogP contribution is -2.37. The summed E-state index contributed by atoms with van der Waals surface area (Å²) in [6.45, 7) is 4.91. The molecule has 23 heavy (non-hydrogen) atoms. The molecule has 1 aromatic heterocycles. The summed E-state index contributed by atoms with van der Waals surface area (Å²) in [5, 5.41) is 1.44. The fraction of sp³-hybridized carbons (Fsp3) is 0.190. The highest BCUT2D eigenvalue weighted by Crippen LogP contribution is 2.25. The Balaban J connectivity index is 1.91. The summed E-state index contributed by atoms with van der Waals surface area (Å²) in [5.41, 5.74) is 4.33. The lowest BCUT2D eigenvalue weighted by Gasteiger charge is -2.17. The Bertz CT molecular complexity index is 820. The van der Waals surface area contributed by atoms with Crippen LogP contribution in [-0.4, -0.2) is 13.1 Å². The summed E-state index contributed by atoms with van der Waals surface area (Å²) in [6.07, 6.45) is 1.44. The Labute approximate surface area is 144 Å². The molecule has 0 spiro atoms. The molecule has 1 nitrogen and oxygen atoms in total. The quantitative estimate of drug-likeness (QED) is 0.599. The van der Waals surface area contributed by atoms with Crippen molar-refractivity contribution in [2.75, 3.05) is 0 Å². The third-order valence-electron chi connectivity index (χ3n) is 4.01. The van der Waals surface area contributed by atoms with Gasteiger partial charge in [-0.05, 0) is 35.7 Å². The SMILES string of the molecule is [2H]C([2H])([2H])c1ccc(-c2cccc(-c3ccc([Si](C)(C)C)cc3)c2)nc1. The summed E-state index contributed by atoms with van der Waals surface area (Å²) in [6, 6.07) is 20.4. The average molecular weight is 321 g/mol. The molecule has 0 saturated carbocycles. The van der Waals surface area contributed by atoms with E-state index in [4.69, 9.17) is 4.11 Å². The van der Waals surface area contributed by atoms with Gasteiger partial charge in [-0.3, -0.25) is 4.98 Å². The molecule has 0 unspecified atom stereocenters. The molecule has 0 radical (unpaired) electrons. The van der Waals surface area contributed by atoms with E-state index in [-0.39, 0.29) is 5.56 Å². The van der Waals surface area contributed by atoms with E-state index in [0.717, 1.165) is 16.8 Å². The molecule has 3 rings (SSSR count). The van der Waals surface area contributed by atoms with Crippen LogP contribution in [0.4, 0.5) is 0 Å². The standard InChI is InChI=1S/C21H23NSi/c1-16-8-13-21(22-15-16)19-7-5-6-18(14-19)17-9-11-20(12-10-17)23(2,3)4/h5-15H,1-4H3/i1D3. The molecule has 2 aromatic carbocycles. The lowest BCUT2D eigenvalue weighted by atomic mass is 10.0. The van der Waals surface area contributed by atoms with Gasteiger partial charge in [0.2, 0.25) is 0 Å². The van der Waals surface area contributed by atoms with Gasteiger partial charge in [-0.1, -0.05) is 73.4 Å². The zero-order valence-corrected chi connectivity index (χ0v) is 14.8. The molecular formula is C21H23NSi. The van der Waals surface area contributed by atoms with E-state index in [9.17, 15) is 0 Å². The number of hydrogen-bond acceptors (Lipinski definition) is 1. The van der Waals surface area contributed by atoms with Gasteiger partial charge in [-0.15, -0.1) is 0 Å². The van der Waals surface area contributed by atoms with E-state index in [0.29, 0.717) is 0 Å². The Morgan fingerprint density at radius 3 is 2.17 bits per heavy atom. The van der Waals surface area contributed by atoms with Crippen LogP contribution in [-0.2, 0) is 0 Å². The van der Waals surface area contributed by atoms with Crippen molar-refractivity contribution in [1.29, 1.82) is 0 Å². The number of aromatic nitrogens is 1. The summed E-state index contributed by atoms with van der Waals surface area (Å²) in [7, 11) is -1.30. The summed E-state index contributed by atoms with van der Waals surface area (Å²) in [5.74, 6) is 0. The number of pyridine rings is 1. The Morgan fingerprint density at radius 2 is 1.57 bits per heavy atom. The van der Waals surface area contributed by atoms with Gasteiger partial charge < -0.3 is 0 Å². The van der Waals surface area contributed by atoms with Crippen molar-refractivity contribution >= 4 is 13.3 Å². The molecule has 0 amide bonds. The van der Waals surface area contributed by atoms with Crippen LogP contribution in [0.15, 0.2) is 66.9 Å². The van der Waals surface area contributed by atoms with Gasteiger partial charge in [0.1, 0.15) is 0 Å². The first kappa shape index (κ1) is 12.3. The topological polar surface area (TPSA) is 12.9 Å². The van der Waals surface area contributed by atoms with Crippen LogP contribution in [0, 0.1) is 6.85 Å². The van der Waals surface area contributed by atoms with Crippen molar-refractivity contribution in [3.8, 4) is 22.4 Å². The van der Waals surface area contributed by atoms with E-state index in [2.05, 4.69) is 61.0 Å². The van der Waals surface area contributed by atoms with Crippen molar-refractivity contribution in [2.24, 2.45) is 0 Å². The molecule has 0 N–H and O–H groups in total. The molecule has 2 heteroatoms. The second-order valence-electron chi connectivity index (χ2n) is 6.84. The van der Waals surface area contributed by atoms with Gasteiger partial charge in [-0.2, -0.15) is 0 Å². The summed E-state index contributed by atoms with van der Waals surface area (Å²) in [4.78, 5) is 4.34. The molecule has 0 bridgehead atoms. The molecule has 3 aromatic rings. The Morgan fingerprint density at radius 1 is 0.826 bits per heavy atom. The van der Waals surface area contributed by atoms with Crippen LogP contribution in [0.3, 0.4) is 0 Å². The van der Waals surface area contributed by atoms with Gasteiger partial charge >= 0.3 is 0 Å². The number of nitrogens with zero attached hydrogens (tertiary/aromatic N) is 1. The van der Waals surface area contributed by atoms with Crippen LogP contribution >= 0.6 is 0 Å². The zero-order valence-electron chi connectivity index (χ0n) is 16.8. The predicted octanol–water partition coefficient (Wildman–Crippen LogP) is 5.27. The summed E-state index contributed by atoms with van der Waals surface area (Å²) < 4.78 is 22.4. The van der Waals surface area contributed by atoms with Crippen LogP contribution in [0.5, 0.6) is 0 Å². The number of benzene rings is 2. The van der Waals surface area contributed by atoms with E-state index >= 15 is 0 Å². The van der Waals surface area contributed by atoms with Crippen LogP contribution in [0.1, 0.15) is 9.68 Å². The molecule has 0 saturated heterocycles. The highest BCUT2D eigenvalue weighted by molar-refractivity contribution is 6.88. The lowest BCUT2D eigenvalue weighted by molar-refractivity contribution is 1.27. The van der Waals surface area contributed by atoms with Gasteiger partial charge in [0.05, 0.1) is 13.8 Å². The average Bonchev–Trinajstić information content (AvgIpc) is 2.61. The fourth-order valence-electron chi connectivity index (χ4n) is 2.59. The molecule has 1 heterocycles. The van der Waals surface area contributed by atoms with Crippen molar-refractivity contribution in [3.05, 3.63) is 72.4 Å². The molecule has 0 atom stereocenters. The Kier molecular flexibility index (Phi) is 3.27. The Hall–Kier alpha value is -2.19. The minimum Gasteiger partial charge on any atom is -0.256 e. The van der Waals surface area contributed by atoms with E-state index in [1.807, 2.05) is 12.1 Å². The highest BCUT2D eigenvalue weighted by atomic mass is 28.3. The monoisotopic (exact) mass is 320 g/mol. The number of rotatable bonds is 3. The van der Waals surface area contributed by atoms with Gasteiger partial charge in [0.25, 0.3) is 0 Å². The van der Waals surface area contributed by atoms with Crippen LogP contribution < -0.4 is 5.19 Å². The summed E-state index contributed by atoms with van der Waals surface area (Å²) >= 11 is 0. The minimum absolute atomic E-state index is 0.263. The van der Waals surface area contributed by atoms with E-state index in [1.165, 1.54) is 16.9 Å². The molecule has 0 aliphatic heterocycles. The van der Waals surface area contributed by atoms with Crippen molar-refractivity contribution in [1.82, 2.24) is 4.98 Å². The molecule has 0 aliphatic rings. The highest BCUT2D eigenvalue weighted by Gasteiger charge is 2.15. The maximum Gasteiger partial charge on any atom is 0.0775 e.